The van der Waals surface area contributed by atoms with E-state index in [0.29, 0.717) is 19.8 Å². The monoisotopic (exact) mass is 791 g/mol. The van der Waals surface area contributed by atoms with E-state index in [1.807, 2.05) is 0 Å². The molecule has 0 fully saturated rings. The molecule has 0 spiro atoms. The minimum atomic E-state index is -0.324. The molecule has 50 heavy (non-hydrogen) atoms. The van der Waals surface area contributed by atoms with Gasteiger partial charge in [0.1, 0.15) is 0 Å². The third-order valence-electron chi connectivity index (χ3n) is 3.20. The van der Waals surface area contributed by atoms with Crippen LogP contribution >= 0.6 is 0 Å². The van der Waals surface area contributed by atoms with Crippen LogP contribution in [0.2, 0.25) is 0 Å². The van der Waals surface area contributed by atoms with Crippen LogP contribution in [0.4, 0.5) is 0 Å². The maximum atomic E-state index is 8.43. The van der Waals surface area contributed by atoms with Crippen LogP contribution in [-0.4, -0.2) is 125 Å². The fourth-order valence-corrected chi connectivity index (χ4v) is 1.75. The molecule has 0 aliphatic carbocycles. The van der Waals surface area contributed by atoms with Crippen LogP contribution in [-0.2, 0) is 57.6 Å². The number of hydrogen-bond acceptors (Lipinski definition) is 6. The summed E-state index contributed by atoms with van der Waals surface area (Å²) in [6.45, 7) is 31.1. The smallest absolute Gasteiger partial charge is 0.687 e. The van der Waals surface area contributed by atoms with E-state index in [9.17, 15) is 0 Å². The van der Waals surface area contributed by atoms with Gasteiger partial charge in [-0.2, -0.15) is 28.2 Å². The molecule has 3 N–H and O–H groups in total. The third kappa shape index (κ3) is 146. The van der Waals surface area contributed by atoms with Crippen molar-refractivity contribution in [2.24, 2.45) is 0 Å². The van der Waals surface area contributed by atoms with Gasteiger partial charge < -0.3 is 61.4 Å². The van der Waals surface area contributed by atoms with Crippen LogP contribution < -0.4 is 0 Å². The van der Waals surface area contributed by atoms with Crippen LogP contribution in [0, 0.1) is 0 Å². The van der Waals surface area contributed by atoms with Gasteiger partial charge in [-0.3, -0.25) is 0 Å². The minimum absolute atomic E-state index is 0. The summed E-state index contributed by atoms with van der Waals surface area (Å²) in [4.78, 5) is 0. The van der Waals surface area contributed by atoms with Crippen molar-refractivity contribution in [3.05, 3.63) is 56.7 Å². The van der Waals surface area contributed by atoms with Crippen LogP contribution in [0.15, 0.2) is 24.8 Å². The maximum absolute atomic E-state index is 8.43. The molecular formula is C36H82N6O6Ti2. The Kier molecular flexibility index (Phi) is 66.7. The average Bonchev–Trinajstić information content (AvgIpc) is 2.85. The molecule has 0 aliphatic rings. The number of methoxy groups -OCH3 is 3. The molecule has 14 heteroatoms. The Morgan fingerprint density at radius 3 is 0.600 bits per heavy atom. The summed E-state index contributed by atoms with van der Waals surface area (Å²) in [6, 6.07) is 0. The number of rotatable bonds is 10. The van der Waals surface area contributed by atoms with Crippen molar-refractivity contribution in [3.63, 3.8) is 0 Å². The first kappa shape index (κ1) is 71.2. The fourth-order valence-electron chi connectivity index (χ4n) is 1.75. The summed E-state index contributed by atoms with van der Waals surface area (Å²) >= 11 is 0. The first-order chi connectivity index (χ1) is 21.6. The van der Waals surface area contributed by atoms with Crippen molar-refractivity contribution in [1.29, 1.82) is 0 Å². The molecule has 0 radical (unpaired) electrons. The van der Waals surface area contributed by atoms with Crippen molar-refractivity contribution in [3.8, 4) is 0 Å². The Bertz CT molecular complexity index is 547. The Hall–Kier alpha value is -0.211. The molecule has 3 atom stereocenters. The van der Waals surface area contributed by atoms with Gasteiger partial charge in [0.15, 0.2) is 0 Å². The van der Waals surface area contributed by atoms with Crippen molar-refractivity contribution < 1.29 is 73.0 Å². The van der Waals surface area contributed by atoms with Gasteiger partial charge in [-0.1, -0.05) is 83.1 Å². The zero-order valence-corrected chi connectivity index (χ0v) is 39.5. The summed E-state index contributed by atoms with van der Waals surface area (Å²) < 4.78 is 13.7. The molecule has 0 bridgehead atoms. The van der Waals surface area contributed by atoms with Gasteiger partial charge in [-0.25, -0.2) is 24.8 Å². The standard InChI is InChI=1S/2C10H20N2.3C4H10O2.2C2H6N.2Ti/c2*1-9(2,3)11-7-8-12-10(4,5)6;3*1-4(5)3-6-2;2*1-3-2;;/h2*7-8H,1-6H3;3*4-5H,3H2,1-2H3;2*1-2H3;;/q2*-2;;;;2*-1;+2;+4. The van der Waals surface area contributed by atoms with Gasteiger partial charge in [0.25, 0.3) is 0 Å². The topological polar surface area (TPSA) is 173 Å². The van der Waals surface area contributed by atoms with Crippen LogP contribution in [0.25, 0.3) is 31.9 Å². The predicted molar refractivity (Wildman–Crippen MR) is 212 cm³/mol. The van der Waals surface area contributed by atoms with Gasteiger partial charge in [0.2, 0.25) is 0 Å². The Balaban J connectivity index is -0.0000000589. The Labute approximate surface area is 341 Å². The Morgan fingerprint density at radius 2 is 0.560 bits per heavy atom. The molecule has 300 valence electrons. The van der Waals surface area contributed by atoms with E-state index >= 15 is 0 Å². The molecule has 0 aromatic carbocycles. The van der Waals surface area contributed by atoms with Gasteiger partial charge in [0.05, 0.1) is 38.1 Å². The summed E-state index contributed by atoms with van der Waals surface area (Å²) in [6.07, 6.45) is 6.10. The normalized spacial score (nSPS) is 12.4. The number of ether oxygens (including phenoxy) is 3. The molecule has 0 saturated carbocycles. The Morgan fingerprint density at radius 1 is 0.440 bits per heavy atom. The number of hydrogen-bond donors (Lipinski definition) is 3. The van der Waals surface area contributed by atoms with Crippen molar-refractivity contribution in [2.75, 3.05) is 69.3 Å². The van der Waals surface area contributed by atoms with Crippen LogP contribution in [0.5, 0.6) is 0 Å². The first-order valence-corrected chi connectivity index (χ1v) is 16.2. The van der Waals surface area contributed by atoms with E-state index in [1.54, 1.807) is 95.1 Å². The quantitative estimate of drug-likeness (QED) is 0.187. The molecule has 0 aliphatic heterocycles. The summed E-state index contributed by atoms with van der Waals surface area (Å²) in [5, 5.41) is 49.4. The van der Waals surface area contributed by atoms with Crippen LogP contribution in [0.3, 0.4) is 0 Å². The second kappa shape index (κ2) is 46.8. The number of aliphatic hydroxyl groups excluding tert-OH is 3. The molecule has 12 nitrogen and oxygen atoms in total. The zero-order valence-electron chi connectivity index (χ0n) is 36.4. The average molecular weight is 791 g/mol. The van der Waals surface area contributed by atoms with Crippen molar-refractivity contribution in [1.82, 2.24) is 0 Å². The molecule has 0 aromatic rings. The summed E-state index contributed by atoms with van der Waals surface area (Å²) in [5.41, 5.74) is 0.0155. The SMILES string of the molecule is CC(C)(C)[N-]C=C[N-]C(C)(C)C.CC(C)(C)[N-]C=C[N-]C(C)(C)C.COCC(C)O.COCC(C)O.COCC(C)O.C[N-]C.C[N-]C.[Ti+2].[Ti+4]. The fraction of sp³-hybridized carbons (Fsp3) is 0.889. The van der Waals surface area contributed by atoms with Gasteiger partial charge in [-0.05, 0) is 20.8 Å². The van der Waals surface area contributed by atoms with Crippen LogP contribution in [0.1, 0.15) is 104 Å². The molecule has 0 aromatic heterocycles. The van der Waals surface area contributed by atoms with E-state index in [-0.39, 0.29) is 83.9 Å². The third-order valence-corrected chi connectivity index (χ3v) is 3.20. The molecule has 0 amide bonds. The van der Waals surface area contributed by atoms with Gasteiger partial charge >= 0.3 is 43.4 Å². The molecular weight excluding hydrogens is 708 g/mol. The minimum Gasteiger partial charge on any atom is -0.687 e. The molecule has 0 heterocycles. The largest absolute Gasteiger partial charge is 4.00 e. The van der Waals surface area contributed by atoms with Crippen molar-refractivity contribution in [2.45, 2.75) is 144 Å². The van der Waals surface area contributed by atoms with E-state index in [0.717, 1.165) is 0 Å². The predicted octanol–water partition coefficient (Wildman–Crippen LogP) is 8.88. The van der Waals surface area contributed by atoms with Crippen molar-refractivity contribution >= 4 is 0 Å². The van der Waals surface area contributed by atoms with E-state index in [4.69, 9.17) is 15.3 Å². The second-order valence-electron chi connectivity index (χ2n) is 14.6. The number of nitrogens with zero attached hydrogens (tertiary/aromatic N) is 6. The number of aliphatic hydroxyl groups is 3. The maximum Gasteiger partial charge on any atom is 4.00 e. The van der Waals surface area contributed by atoms with E-state index in [2.05, 4.69) is 129 Å². The molecule has 0 saturated heterocycles. The molecule has 0 rings (SSSR count). The van der Waals surface area contributed by atoms with E-state index in [1.165, 1.54) is 0 Å². The zero-order chi connectivity index (χ0) is 40.0. The second-order valence-corrected chi connectivity index (χ2v) is 14.6. The first-order valence-electron chi connectivity index (χ1n) is 16.2. The summed E-state index contributed by atoms with van der Waals surface area (Å²) in [7, 11) is 11.7. The van der Waals surface area contributed by atoms with E-state index < -0.39 is 0 Å². The molecule has 3 unspecified atom stereocenters. The van der Waals surface area contributed by atoms with Gasteiger partial charge in [-0.15, -0.1) is 22.2 Å². The van der Waals surface area contributed by atoms with Gasteiger partial charge in [0, 0.05) is 21.3 Å². The summed E-state index contributed by atoms with van der Waals surface area (Å²) in [5.74, 6) is 0.